The van der Waals surface area contributed by atoms with E-state index in [4.69, 9.17) is 42.3 Å². The van der Waals surface area contributed by atoms with Crippen LogP contribution in [-0.4, -0.2) is 53.9 Å². The molecule has 2 aliphatic carbocycles. The quantitative estimate of drug-likeness (QED) is 0.122. The fourth-order valence-corrected chi connectivity index (χ4v) is 9.78. The van der Waals surface area contributed by atoms with Crippen molar-refractivity contribution in [3.8, 4) is 22.6 Å². The number of nitrogens with two attached hydrogens (primary N) is 4. The Hall–Kier alpha value is -5.42. The minimum atomic E-state index is -4.45. The van der Waals surface area contributed by atoms with E-state index in [0.29, 0.717) is 22.3 Å². The van der Waals surface area contributed by atoms with E-state index in [-0.39, 0.29) is 69.4 Å². The van der Waals surface area contributed by atoms with Gasteiger partial charge in [-0.3, -0.25) is 10.8 Å². The van der Waals surface area contributed by atoms with Crippen molar-refractivity contribution in [1.29, 1.82) is 10.8 Å². The predicted molar refractivity (Wildman–Crippen MR) is 192 cm³/mol. The molecule has 0 amide bonds. The van der Waals surface area contributed by atoms with Crippen LogP contribution in [0.4, 0.5) is 0 Å². The molecule has 258 valence electrons. The van der Waals surface area contributed by atoms with Gasteiger partial charge in [0.1, 0.15) is 21.0 Å². The van der Waals surface area contributed by atoms with E-state index in [0.717, 1.165) is 0 Å². The molecule has 0 saturated heterocycles. The average Bonchev–Trinajstić information content (AvgIpc) is 3.11. The fourth-order valence-electron chi connectivity index (χ4n) is 7.18. The molecule has 2 aliphatic rings. The van der Waals surface area contributed by atoms with Crippen molar-refractivity contribution < 1.29 is 26.3 Å². The Kier molecular flexibility index (Phi) is 8.38. The lowest BCUT2D eigenvalue weighted by Gasteiger charge is -2.39. The number of sulfonamides is 2. The summed E-state index contributed by atoms with van der Waals surface area (Å²) in [5, 5.41) is 36.7. The summed E-state index contributed by atoms with van der Waals surface area (Å²) < 4.78 is 62.4. The first kappa shape index (κ1) is 34.4. The summed E-state index contributed by atoms with van der Waals surface area (Å²) in [4.78, 5) is 0. The van der Waals surface area contributed by atoms with Crippen LogP contribution in [0.2, 0.25) is 0 Å². The number of methoxy groups -OCH3 is 2. The number of ether oxygens (including phenoxy) is 2. The second-order valence-electron chi connectivity index (χ2n) is 11.9. The second kappa shape index (κ2) is 12.2. The molecule has 16 heteroatoms. The van der Waals surface area contributed by atoms with Gasteiger partial charge in [0.05, 0.1) is 37.1 Å². The predicted octanol–water partition coefficient (Wildman–Crippen LogP) is 2.61. The maximum absolute atomic E-state index is 13.6. The first-order valence-electron chi connectivity index (χ1n) is 15.0. The monoisotopic (exact) mass is 714 g/mol. The van der Waals surface area contributed by atoms with Crippen molar-refractivity contribution in [3.05, 3.63) is 118 Å². The Morgan fingerprint density at radius 2 is 0.960 bits per heavy atom. The van der Waals surface area contributed by atoms with Gasteiger partial charge in [0.25, 0.3) is 0 Å². The summed E-state index contributed by atoms with van der Waals surface area (Å²) in [6.45, 7) is 0. The van der Waals surface area contributed by atoms with Gasteiger partial charge in [-0.15, -0.1) is 0 Å². The van der Waals surface area contributed by atoms with Crippen molar-refractivity contribution in [2.75, 3.05) is 14.2 Å². The largest absolute Gasteiger partial charge is 0.496 e. The molecular weight excluding hydrogens is 681 g/mol. The maximum atomic E-state index is 13.6. The molecule has 0 radical (unpaired) electrons. The van der Waals surface area contributed by atoms with Crippen LogP contribution in [-0.2, 0) is 29.5 Å². The lowest BCUT2D eigenvalue weighted by atomic mass is 9.75. The normalized spacial score (nSPS) is 22.2. The minimum Gasteiger partial charge on any atom is -0.496 e. The topological polar surface area (TPSA) is 263 Å². The van der Waals surface area contributed by atoms with Crippen molar-refractivity contribution in [2.24, 2.45) is 32.2 Å². The van der Waals surface area contributed by atoms with Crippen LogP contribution in [0, 0.1) is 10.8 Å². The highest BCUT2D eigenvalue weighted by Gasteiger charge is 2.54. The standard InChI is InChI=1S/C34H34N8O6S2/c1-47-29-15-19(11-13-25(29)33(49(39,43)44)17-27(41-37)31(35)21-7-3-5-9-23(21)33)20-12-14-26(30(16-20)48-2)34(50(40,45)46)18-28(42-38)32(36)22-8-4-6-10-24(22)34/h3-16,35-36H,17-18,37-38H2,1-2H3,(H2,39,43,44)(H2,40,45,46). The van der Waals surface area contributed by atoms with Crippen LogP contribution >= 0.6 is 0 Å². The van der Waals surface area contributed by atoms with Crippen molar-refractivity contribution in [2.45, 2.75) is 22.3 Å². The van der Waals surface area contributed by atoms with Gasteiger partial charge in [-0.2, -0.15) is 10.2 Å². The summed E-state index contributed by atoms with van der Waals surface area (Å²) in [7, 11) is -6.12. The first-order valence-corrected chi connectivity index (χ1v) is 18.1. The zero-order chi connectivity index (χ0) is 36.2. The van der Waals surface area contributed by atoms with Crippen molar-refractivity contribution >= 4 is 42.9 Å². The van der Waals surface area contributed by atoms with E-state index < -0.39 is 29.5 Å². The van der Waals surface area contributed by atoms with Crippen LogP contribution in [0.1, 0.15) is 46.2 Å². The summed E-state index contributed by atoms with van der Waals surface area (Å²) in [5.74, 6) is 11.6. The van der Waals surface area contributed by atoms with Crippen LogP contribution < -0.4 is 31.4 Å². The molecule has 6 rings (SSSR count). The third-order valence-corrected chi connectivity index (χ3v) is 12.7. The Bertz CT molecular complexity index is 2230. The summed E-state index contributed by atoms with van der Waals surface area (Å²) in [5.41, 5.74) is 2.81. The molecule has 4 aromatic carbocycles. The Morgan fingerprint density at radius 3 is 1.28 bits per heavy atom. The van der Waals surface area contributed by atoms with Gasteiger partial charge in [-0.25, -0.2) is 27.1 Å². The minimum absolute atomic E-state index is 0.00954. The number of fused-ring (bicyclic) bond motifs is 2. The Labute approximate surface area is 288 Å². The molecular formula is C34H34N8O6S2. The summed E-state index contributed by atoms with van der Waals surface area (Å²) in [6.07, 6.45) is -0.613. The third-order valence-electron chi connectivity index (χ3n) is 9.56. The van der Waals surface area contributed by atoms with Crippen LogP contribution in [0.15, 0.2) is 95.1 Å². The average molecular weight is 715 g/mol. The van der Waals surface area contributed by atoms with E-state index in [1.54, 1.807) is 84.9 Å². The van der Waals surface area contributed by atoms with Crippen LogP contribution in [0.3, 0.4) is 0 Å². The molecule has 10 N–H and O–H groups in total. The summed E-state index contributed by atoms with van der Waals surface area (Å²) in [6, 6.07) is 22.9. The molecule has 2 atom stereocenters. The lowest BCUT2D eigenvalue weighted by molar-refractivity contribution is 0.403. The van der Waals surface area contributed by atoms with Crippen LogP contribution in [0.25, 0.3) is 11.1 Å². The van der Waals surface area contributed by atoms with E-state index in [1.165, 1.54) is 14.2 Å². The molecule has 0 fully saturated rings. The molecule has 0 heterocycles. The highest BCUT2D eigenvalue weighted by Crippen LogP contribution is 2.51. The molecule has 14 nitrogen and oxygen atoms in total. The Morgan fingerprint density at radius 1 is 0.600 bits per heavy atom. The van der Waals surface area contributed by atoms with Gasteiger partial charge in [0.15, 0.2) is 0 Å². The second-order valence-corrected chi connectivity index (χ2v) is 15.5. The SMILES string of the molecule is COc1cc(-c2ccc(C3(S(N)(=O)=O)CC(=NN)C(=N)c4ccccc43)c(OC)c2)ccc1C1(S(N)(=O)=O)CC(=NN)C(=N)c2ccccc21. The van der Waals surface area contributed by atoms with Gasteiger partial charge in [-0.1, -0.05) is 72.8 Å². The zero-order valence-corrected chi connectivity index (χ0v) is 28.6. The highest BCUT2D eigenvalue weighted by molar-refractivity contribution is 7.90. The number of nitrogens with zero attached hydrogens (tertiary/aromatic N) is 2. The number of hydrogen-bond donors (Lipinski definition) is 6. The number of hydrazone groups is 2. The number of nitrogens with one attached hydrogen (secondary N) is 2. The number of primary sulfonamides is 2. The van der Waals surface area contributed by atoms with Gasteiger partial charge >= 0.3 is 0 Å². The highest BCUT2D eigenvalue weighted by atomic mass is 32.2. The number of rotatable bonds is 7. The van der Waals surface area contributed by atoms with Gasteiger partial charge in [-0.05, 0) is 34.4 Å². The fraction of sp³-hybridized carbons (Fsp3) is 0.176. The molecule has 50 heavy (non-hydrogen) atoms. The molecule has 0 saturated carbocycles. The van der Waals surface area contributed by atoms with Crippen molar-refractivity contribution in [1.82, 2.24) is 0 Å². The van der Waals surface area contributed by atoms with E-state index in [1.807, 2.05) is 0 Å². The Balaban J connectivity index is 1.55. The molecule has 4 aromatic rings. The summed E-state index contributed by atoms with van der Waals surface area (Å²) >= 11 is 0. The van der Waals surface area contributed by atoms with E-state index >= 15 is 0 Å². The van der Waals surface area contributed by atoms with E-state index in [9.17, 15) is 16.8 Å². The van der Waals surface area contributed by atoms with Gasteiger partial charge < -0.3 is 21.2 Å². The van der Waals surface area contributed by atoms with Crippen LogP contribution in [0.5, 0.6) is 11.5 Å². The zero-order valence-electron chi connectivity index (χ0n) is 27.0. The lowest BCUT2D eigenvalue weighted by Crippen LogP contribution is -2.49. The molecule has 2 unspecified atom stereocenters. The smallest absolute Gasteiger partial charge is 0.223 e. The maximum Gasteiger partial charge on any atom is 0.223 e. The third kappa shape index (κ3) is 4.90. The number of benzene rings is 4. The van der Waals surface area contributed by atoms with Gasteiger partial charge in [0.2, 0.25) is 20.0 Å². The van der Waals surface area contributed by atoms with Crippen molar-refractivity contribution in [3.63, 3.8) is 0 Å². The molecule has 0 bridgehead atoms. The molecule has 0 spiro atoms. The molecule has 0 aromatic heterocycles. The van der Waals surface area contributed by atoms with Gasteiger partial charge in [0, 0.05) is 35.1 Å². The molecule has 0 aliphatic heterocycles. The first-order chi connectivity index (χ1) is 23.7. The van der Waals surface area contributed by atoms with E-state index in [2.05, 4.69) is 10.2 Å². The number of hydrogen-bond acceptors (Lipinski definition) is 12.